The van der Waals surface area contributed by atoms with E-state index in [1.54, 1.807) is 0 Å². The smallest absolute Gasteiger partial charge is 0.119 e. The van der Waals surface area contributed by atoms with Gasteiger partial charge >= 0.3 is 0 Å². The summed E-state index contributed by atoms with van der Waals surface area (Å²) in [6.45, 7) is 10.7. The summed E-state index contributed by atoms with van der Waals surface area (Å²) in [4.78, 5) is 0. The Hall–Kier alpha value is -1.50. The minimum absolute atomic E-state index is 0.274. The number of unbranched alkanes of at least 4 members (excludes halogenated alkanes) is 2. The van der Waals surface area contributed by atoms with Crippen LogP contribution in [0.2, 0.25) is 0 Å². The Labute approximate surface area is 135 Å². The Balaban J connectivity index is 2.23. The first-order valence-corrected chi connectivity index (χ1v) is 8.67. The van der Waals surface area contributed by atoms with Gasteiger partial charge in [-0.2, -0.15) is 0 Å². The van der Waals surface area contributed by atoms with E-state index in [-0.39, 0.29) is 5.92 Å². The second-order valence-electron chi connectivity index (χ2n) is 6.88. The summed E-state index contributed by atoms with van der Waals surface area (Å²) in [7, 11) is 0. The highest BCUT2D eigenvalue weighted by Gasteiger charge is 2.27. The van der Waals surface area contributed by atoms with E-state index in [9.17, 15) is 5.11 Å². The van der Waals surface area contributed by atoms with Crippen LogP contribution in [0.5, 0.6) is 5.75 Å². The highest BCUT2D eigenvalue weighted by atomic mass is 16.3. The summed E-state index contributed by atoms with van der Waals surface area (Å²) in [5.41, 5.74) is 4.96. The zero-order chi connectivity index (χ0) is 16.1. The summed E-state index contributed by atoms with van der Waals surface area (Å²) in [5, 5.41) is 10.5. The third-order valence-corrected chi connectivity index (χ3v) is 4.90. The van der Waals surface area contributed by atoms with Crippen molar-refractivity contribution in [2.24, 2.45) is 5.92 Å². The van der Waals surface area contributed by atoms with Gasteiger partial charge in [-0.15, -0.1) is 0 Å². The highest BCUT2D eigenvalue weighted by molar-refractivity contribution is 5.43. The number of aromatic hydroxyl groups is 1. The number of hydrogen-bond acceptors (Lipinski definition) is 1. The average molecular weight is 298 g/mol. The van der Waals surface area contributed by atoms with Gasteiger partial charge in [0.2, 0.25) is 0 Å². The van der Waals surface area contributed by atoms with Crippen molar-refractivity contribution in [2.75, 3.05) is 0 Å². The number of rotatable bonds is 6. The molecule has 0 aliphatic heterocycles. The van der Waals surface area contributed by atoms with Gasteiger partial charge in [0, 0.05) is 11.5 Å². The quantitative estimate of drug-likeness (QED) is 0.494. The molecule has 2 atom stereocenters. The number of allylic oxidation sites excluding steroid dienone is 3. The van der Waals surface area contributed by atoms with Crippen LogP contribution in [0.15, 0.2) is 42.0 Å². The maximum Gasteiger partial charge on any atom is 0.119 e. The van der Waals surface area contributed by atoms with Gasteiger partial charge in [-0.25, -0.2) is 0 Å². The molecule has 1 heteroatoms. The standard InChI is InChI=1S/C21H30O/c1-5-6-7-8-17-10-12-19(21(22)14-17)20-13-16(4)9-11-18(20)15(2)3/h10,12-14,18,20,22H,2,5-9,11H2,1,3-4H3/t18-,20?/m0/s1. The Morgan fingerprint density at radius 1 is 1.32 bits per heavy atom. The molecule has 1 N–H and O–H groups in total. The first kappa shape index (κ1) is 16.9. The molecule has 0 spiro atoms. The Kier molecular flexibility index (Phi) is 5.88. The topological polar surface area (TPSA) is 20.2 Å². The summed E-state index contributed by atoms with van der Waals surface area (Å²) in [5.74, 6) is 1.17. The maximum atomic E-state index is 10.5. The molecule has 0 saturated carbocycles. The lowest BCUT2D eigenvalue weighted by atomic mass is 9.74. The van der Waals surface area contributed by atoms with E-state index in [1.807, 2.05) is 6.07 Å². The fraction of sp³-hybridized carbons (Fsp3) is 0.524. The van der Waals surface area contributed by atoms with Gasteiger partial charge in [0.15, 0.2) is 0 Å². The Morgan fingerprint density at radius 3 is 2.73 bits per heavy atom. The van der Waals surface area contributed by atoms with E-state index in [0.29, 0.717) is 11.7 Å². The lowest BCUT2D eigenvalue weighted by Crippen LogP contribution is -2.17. The first-order valence-electron chi connectivity index (χ1n) is 8.67. The number of benzene rings is 1. The summed E-state index contributed by atoms with van der Waals surface area (Å²) >= 11 is 0. The number of phenolic OH excluding ortho intramolecular Hbond substituents is 1. The molecular formula is C21H30O. The van der Waals surface area contributed by atoms with Crippen LogP contribution in [0.3, 0.4) is 0 Å². The summed E-state index contributed by atoms with van der Waals surface area (Å²) in [6, 6.07) is 6.29. The van der Waals surface area contributed by atoms with Gasteiger partial charge in [0.25, 0.3) is 0 Å². The fourth-order valence-electron chi connectivity index (χ4n) is 3.53. The second-order valence-corrected chi connectivity index (χ2v) is 6.88. The van der Waals surface area contributed by atoms with Crippen LogP contribution in [-0.4, -0.2) is 5.11 Å². The van der Waals surface area contributed by atoms with Crippen molar-refractivity contribution in [1.29, 1.82) is 0 Å². The van der Waals surface area contributed by atoms with E-state index in [0.717, 1.165) is 24.8 Å². The third kappa shape index (κ3) is 4.03. The van der Waals surface area contributed by atoms with Gasteiger partial charge < -0.3 is 5.11 Å². The molecule has 1 nitrogen and oxygen atoms in total. The van der Waals surface area contributed by atoms with Crippen molar-refractivity contribution >= 4 is 0 Å². The predicted molar refractivity (Wildman–Crippen MR) is 95.4 cm³/mol. The van der Waals surface area contributed by atoms with Crippen molar-refractivity contribution < 1.29 is 5.11 Å². The SMILES string of the molecule is C=C(C)[C@@H]1CCC(C)=CC1c1ccc(CCCCC)cc1O. The summed E-state index contributed by atoms with van der Waals surface area (Å²) in [6.07, 6.45) is 9.36. The zero-order valence-electron chi connectivity index (χ0n) is 14.4. The Bertz CT molecular complexity index is 553. The molecular weight excluding hydrogens is 268 g/mol. The molecule has 0 saturated heterocycles. The monoisotopic (exact) mass is 298 g/mol. The second kappa shape index (κ2) is 7.67. The molecule has 0 amide bonds. The molecule has 1 unspecified atom stereocenters. The Morgan fingerprint density at radius 2 is 2.09 bits per heavy atom. The minimum Gasteiger partial charge on any atom is -0.508 e. The van der Waals surface area contributed by atoms with Crippen molar-refractivity contribution in [3.8, 4) is 5.75 Å². The van der Waals surface area contributed by atoms with Crippen molar-refractivity contribution in [3.05, 3.63) is 53.1 Å². The largest absolute Gasteiger partial charge is 0.508 e. The third-order valence-electron chi connectivity index (χ3n) is 4.90. The zero-order valence-corrected chi connectivity index (χ0v) is 14.4. The molecule has 0 bridgehead atoms. The van der Waals surface area contributed by atoms with Crippen LogP contribution in [0.4, 0.5) is 0 Å². The number of phenols is 1. The van der Waals surface area contributed by atoms with E-state index in [2.05, 4.69) is 45.6 Å². The van der Waals surface area contributed by atoms with Crippen LogP contribution >= 0.6 is 0 Å². The fourth-order valence-corrected chi connectivity index (χ4v) is 3.53. The van der Waals surface area contributed by atoms with Crippen molar-refractivity contribution in [2.45, 2.75) is 65.2 Å². The molecule has 0 aromatic heterocycles. The van der Waals surface area contributed by atoms with Crippen LogP contribution < -0.4 is 0 Å². The van der Waals surface area contributed by atoms with Gasteiger partial charge in [0.1, 0.15) is 5.75 Å². The summed E-state index contributed by atoms with van der Waals surface area (Å²) < 4.78 is 0. The van der Waals surface area contributed by atoms with E-state index < -0.39 is 0 Å². The molecule has 0 radical (unpaired) electrons. The van der Waals surface area contributed by atoms with Crippen LogP contribution in [0, 0.1) is 5.92 Å². The molecule has 1 aromatic rings. The molecule has 1 aliphatic carbocycles. The number of aryl methyl sites for hydroxylation is 1. The average Bonchev–Trinajstić information content (AvgIpc) is 2.47. The van der Waals surface area contributed by atoms with Crippen LogP contribution in [0.1, 0.15) is 69.9 Å². The van der Waals surface area contributed by atoms with Crippen molar-refractivity contribution in [1.82, 2.24) is 0 Å². The normalized spacial score (nSPS) is 21.5. The lowest BCUT2D eigenvalue weighted by molar-refractivity contribution is 0.436. The molecule has 120 valence electrons. The van der Waals surface area contributed by atoms with E-state index in [1.165, 1.54) is 36.0 Å². The van der Waals surface area contributed by atoms with Gasteiger partial charge in [-0.3, -0.25) is 0 Å². The van der Waals surface area contributed by atoms with Gasteiger partial charge in [0.05, 0.1) is 0 Å². The molecule has 0 fully saturated rings. The molecule has 2 rings (SSSR count). The van der Waals surface area contributed by atoms with Gasteiger partial charge in [-0.05, 0) is 57.1 Å². The van der Waals surface area contributed by atoms with E-state index in [4.69, 9.17) is 0 Å². The first-order chi connectivity index (χ1) is 10.5. The molecule has 1 aliphatic rings. The minimum atomic E-state index is 0.274. The van der Waals surface area contributed by atoms with Crippen molar-refractivity contribution in [3.63, 3.8) is 0 Å². The van der Waals surface area contributed by atoms with Crippen LogP contribution in [0.25, 0.3) is 0 Å². The molecule has 22 heavy (non-hydrogen) atoms. The van der Waals surface area contributed by atoms with E-state index >= 15 is 0 Å². The highest BCUT2D eigenvalue weighted by Crippen LogP contribution is 2.42. The lowest BCUT2D eigenvalue weighted by Gasteiger charge is -2.31. The molecule has 0 heterocycles. The van der Waals surface area contributed by atoms with Gasteiger partial charge in [-0.1, -0.05) is 55.7 Å². The molecule has 1 aromatic carbocycles. The number of hydrogen-bond donors (Lipinski definition) is 1. The maximum absolute atomic E-state index is 10.5. The predicted octanol–water partition coefficient (Wildman–Crippen LogP) is 6.14. The van der Waals surface area contributed by atoms with Crippen LogP contribution in [-0.2, 0) is 6.42 Å².